The van der Waals surface area contributed by atoms with Gasteiger partial charge in [-0.05, 0) is 30.4 Å². The van der Waals surface area contributed by atoms with E-state index in [4.69, 9.17) is 14.6 Å². The smallest absolute Gasteiger partial charge is 0.481 e. The molecular weight excluding hydrogens is 301 g/mol. The maximum absolute atomic E-state index is 10.6. The Morgan fingerprint density at radius 1 is 1.41 bits per heavy atom. The molecule has 124 valence electrons. The van der Waals surface area contributed by atoms with Gasteiger partial charge in [0.1, 0.15) is 0 Å². The average molecular weight is 320 g/mol. The van der Waals surface area contributed by atoms with Crippen molar-refractivity contribution >= 4 is 5.97 Å². The van der Waals surface area contributed by atoms with Gasteiger partial charge in [0.05, 0.1) is 7.11 Å². The van der Waals surface area contributed by atoms with Crippen molar-refractivity contribution < 1.29 is 27.8 Å². The molecule has 0 bridgehead atoms. The Morgan fingerprint density at radius 3 is 2.45 bits per heavy atom. The van der Waals surface area contributed by atoms with E-state index in [0.717, 1.165) is 19.0 Å². The number of piperidine rings is 1. The molecule has 1 aromatic rings. The van der Waals surface area contributed by atoms with Crippen LogP contribution in [-0.2, 0) is 4.79 Å². The number of aliphatic carboxylic acids is 1. The van der Waals surface area contributed by atoms with Gasteiger partial charge in [0.15, 0.2) is 0 Å². The first-order chi connectivity index (χ1) is 10.2. The number of pyridine rings is 1. The highest BCUT2D eigenvalue weighted by Gasteiger charge is 2.38. The van der Waals surface area contributed by atoms with Gasteiger partial charge in [0, 0.05) is 18.8 Å². The fourth-order valence-electron chi connectivity index (χ4n) is 2.16. The van der Waals surface area contributed by atoms with Crippen molar-refractivity contribution in [3.63, 3.8) is 0 Å². The highest BCUT2D eigenvalue weighted by Crippen LogP contribution is 2.26. The zero-order valence-electron chi connectivity index (χ0n) is 12.4. The predicted molar refractivity (Wildman–Crippen MR) is 73.9 cm³/mol. The molecule has 1 fully saturated rings. The Labute approximate surface area is 126 Å². The fraction of sp³-hybridized carbons (Fsp3) is 0.571. The minimum absolute atomic E-state index is 0.604. The van der Waals surface area contributed by atoms with Gasteiger partial charge in [-0.1, -0.05) is 13.0 Å². The van der Waals surface area contributed by atoms with Gasteiger partial charge < -0.3 is 15.2 Å². The van der Waals surface area contributed by atoms with Crippen LogP contribution in [0.15, 0.2) is 18.3 Å². The van der Waals surface area contributed by atoms with Gasteiger partial charge >= 0.3 is 12.1 Å². The first-order valence-corrected chi connectivity index (χ1v) is 6.74. The van der Waals surface area contributed by atoms with Gasteiger partial charge in [-0.25, -0.2) is 9.78 Å². The Morgan fingerprint density at radius 2 is 2.05 bits per heavy atom. The lowest BCUT2D eigenvalue weighted by Crippen LogP contribution is -2.33. The molecule has 2 rings (SSSR count). The molecule has 22 heavy (non-hydrogen) atoms. The van der Waals surface area contributed by atoms with E-state index < -0.39 is 12.1 Å². The topological polar surface area (TPSA) is 71.5 Å². The number of hydrogen-bond donors (Lipinski definition) is 2. The molecule has 8 heteroatoms. The highest BCUT2D eigenvalue weighted by molar-refractivity contribution is 5.73. The third-order valence-electron chi connectivity index (χ3n) is 3.25. The minimum Gasteiger partial charge on any atom is -0.481 e. The summed E-state index contributed by atoms with van der Waals surface area (Å²) in [6, 6.07) is 4.06. The van der Waals surface area contributed by atoms with Crippen LogP contribution in [0.2, 0.25) is 0 Å². The SMILES string of the molecule is COc1ccc([C@@H]2CNC[C@H](C)C2)cn1.O=C(O)C(F)(F)F. The molecule has 2 N–H and O–H groups in total. The van der Waals surface area contributed by atoms with Gasteiger partial charge in [-0.2, -0.15) is 13.2 Å². The van der Waals surface area contributed by atoms with E-state index in [9.17, 15) is 13.2 Å². The van der Waals surface area contributed by atoms with Crippen LogP contribution >= 0.6 is 0 Å². The van der Waals surface area contributed by atoms with Gasteiger partial charge in [-0.3, -0.25) is 0 Å². The summed E-state index contributed by atoms with van der Waals surface area (Å²) in [6.45, 7) is 4.49. The van der Waals surface area contributed by atoms with E-state index in [0.29, 0.717) is 11.8 Å². The maximum atomic E-state index is 10.6. The van der Waals surface area contributed by atoms with Crippen LogP contribution in [0.25, 0.3) is 0 Å². The van der Waals surface area contributed by atoms with Crippen molar-refractivity contribution in [1.82, 2.24) is 10.3 Å². The molecule has 0 aliphatic carbocycles. The lowest BCUT2D eigenvalue weighted by atomic mass is 9.87. The third-order valence-corrected chi connectivity index (χ3v) is 3.25. The molecule has 1 saturated heterocycles. The highest BCUT2D eigenvalue weighted by atomic mass is 19.4. The maximum Gasteiger partial charge on any atom is 0.490 e. The first kappa shape index (κ1) is 18.2. The van der Waals surface area contributed by atoms with Crippen molar-refractivity contribution in [3.8, 4) is 5.88 Å². The Hall–Kier alpha value is -1.83. The van der Waals surface area contributed by atoms with E-state index in [-0.39, 0.29) is 0 Å². The number of hydrogen-bond acceptors (Lipinski definition) is 4. The number of aromatic nitrogens is 1. The Kier molecular flexibility index (Phi) is 6.61. The van der Waals surface area contributed by atoms with Gasteiger partial charge in [0.2, 0.25) is 5.88 Å². The lowest BCUT2D eigenvalue weighted by molar-refractivity contribution is -0.192. The molecule has 2 heterocycles. The molecule has 1 aromatic heterocycles. The van der Waals surface area contributed by atoms with Crippen LogP contribution in [0.3, 0.4) is 0 Å². The standard InChI is InChI=1S/C12H18N2O.C2HF3O2/c1-9-5-11(7-13-6-9)10-3-4-12(15-2)14-8-10;3-2(4,5)1(6)7/h3-4,8-9,11,13H,5-7H2,1-2H3;(H,6,7)/t9-,11+;/m1./s1. The lowest BCUT2D eigenvalue weighted by Gasteiger charge is -2.27. The summed E-state index contributed by atoms with van der Waals surface area (Å²) >= 11 is 0. The Bertz CT molecular complexity index is 477. The zero-order valence-corrected chi connectivity index (χ0v) is 12.4. The number of carbonyl (C=O) groups is 1. The molecule has 0 amide bonds. The number of carboxylic acids is 1. The number of methoxy groups -OCH3 is 1. The molecule has 0 saturated carbocycles. The number of halogens is 3. The number of ether oxygens (including phenoxy) is 1. The van der Waals surface area contributed by atoms with Gasteiger partial charge in [-0.15, -0.1) is 0 Å². The number of rotatable bonds is 2. The molecular formula is C14H19F3N2O3. The quantitative estimate of drug-likeness (QED) is 0.876. The largest absolute Gasteiger partial charge is 0.490 e. The number of alkyl halides is 3. The second-order valence-electron chi connectivity index (χ2n) is 5.13. The van der Waals surface area contributed by atoms with Crippen LogP contribution in [-0.4, -0.2) is 42.4 Å². The summed E-state index contributed by atoms with van der Waals surface area (Å²) in [7, 11) is 1.65. The number of nitrogens with zero attached hydrogens (tertiary/aromatic N) is 1. The van der Waals surface area contributed by atoms with Crippen LogP contribution < -0.4 is 10.1 Å². The summed E-state index contributed by atoms with van der Waals surface area (Å²) < 4.78 is 36.8. The summed E-state index contributed by atoms with van der Waals surface area (Å²) in [4.78, 5) is 13.1. The molecule has 0 spiro atoms. The van der Waals surface area contributed by atoms with Crippen molar-refractivity contribution in [2.45, 2.75) is 25.4 Å². The summed E-state index contributed by atoms with van der Waals surface area (Å²) in [6.07, 6.45) is -1.90. The fourth-order valence-corrected chi connectivity index (χ4v) is 2.16. The monoisotopic (exact) mass is 320 g/mol. The zero-order chi connectivity index (χ0) is 16.8. The van der Waals surface area contributed by atoms with Crippen LogP contribution in [0.5, 0.6) is 5.88 Å². The Balaban J connectivity index is 0.000000295. The van der Waals surface area contributed by atoms with E-state index >= 15 is 0 Å². The van der Waals surface area contributed by atoms with Crippen molar-refractivity contribution in [1.29, 1.82) is 0 Å². The predicted octanol–water partition coefficient (Wildman–Crippen LogP) is 2.44. The molecule has 0 aromatic carbocycles. The van der Waals surface area contributed by atoms with Crippen LogP contribution in [0.4, 0.5) is 13.2 Å². The summed E-state index contributed by atoms with van der Waals surface area (Å²) in [5, 5.41) is 10.6. The van der Waals surface area contributed by atoms with Crippen molar-refractivity contribution in [2.24, 2.45) is 5.92 Å². The third kappa shape index (κ3) is 5.88. The second-order valence-corrected chi connectivity index (χ2v) is 5.13. The van der Waals surface area contributed by atoms with E-state index in [1.54, 1.807) is 7.11 Å². The number of nitrogens with one attached hydrogen (secondary N) is 1. The summed E-state index contributed by atoms with van der Waals surface area (Å²) in [5.41, 5.74) is 1.31. The van der Waals surface area contributed by atoms with E-state index in [1.165, 1.54) is 12.0 Å². The minimum atomic E-state index is -5.08. The van der Waals surface area contributed by atoms with Crippen molar-refractivity contribution in [3.05, 3.63) is 23.9 Å². The average Bonchev–Trinajstić information content (AvgIpc) is 2.47. The summed E-state index contributed by atoms with van der Waals surface area (Å²) in [5.74, 6) is -0.707. The van der Waals surface area contributed by atoms with Crippen LogP contribution in [0, 0.1) is 5.92 Å². The second kappa shape index (κ2) is 7.98. The van der Waals surface area contributed by atoms with E-state index in [1.807, 2.05) is 12.3 Å². The van der Waals surface area contributed by atoms with E-state index in [2.05, 4.69) is 23.3 Å². The molecule has 5 nitrogen and oxygen atoms in total. The first-order valence-electron chi connectivity index (χ1n) is 6.74. The molecule has 0 radical (unpaired) electrons. The number of carboxylic acid groups (broad SMARTS) is 1. The molecule has 1 aliphatic heterocycles. The van der Waals surface area contributed by atoms with Crippen LogP contribution in [0.1, 0.15) is 24.8 Å². The normalized spacial score (nSPS) is 21.5. The van der Waals surface area contributed by atoms with Gasteiger partial charge in [0.25, 0.3) is 0 Å². The molecule has 2 atom stereocenters. The van der Waals surface area contributed by atoms with Crippen molar-refractivity contribution in [2.75, 3.05) is 20.2 Å². The molecule has 1 aliphatic rings. The molecule has 0 unspecified atom stereocenters.